The van der Waals surface area contributed by atoms with Gasteiger partial charge < -0.3 is 20.5 Å². The van der Waals surface area contributed by atoms with E-state index in [-0.39, 0.29) is 42.6 Å². The van der Waals surface area contributed by atoms with E-state index in [9.17, 15) is 14.4 Å². The average Bonchev–Trinajstić information content (AvgIpc) is 3.12. The zero-order chi connectivity index (χ0) is 25.0. The predicted octanol–water partition coefficient (Wildman–Crippen LogP) is 4.70. The van der Waals surface area contributed by atoms with Crippen molar-refractivity contribution < 1.29 is 24.2 Å². The summed E-state index contributed by atoms with van der Waals surface area (Å²) >= 11 is 0. The first-order chi connectivity index (χ1) is 16.8. The van der Waals surface area contributed by atoms with Crippen LogP contribution < -0.4 is 10.6 Å². The number of carboxylic acids is 1. The number of fused-ring (bicyclic) bond motifs is 3. The molecule has 0 heterocycles. The van der Waals surface area contributed by atoms with Crippen molar-refractivity contribution in [3.05, 3.63) is 59.7 Å². The standard InChI is InChI=1S/C28H34N2O5/c1-18(2)24(14-26(32)33)30-25(31)15-28(12-7-13-28)17-29-27(34)35-16-23-21-10-5-3-8-19(21)20-9-4-6-11-22(20)23/h3-6,8-11,18,23-24H,7,12-17H2,1-2H3,(H,29,34)(H,30,31)(H,32,33). The highest BCUT2D eigenvalue weighted by atomic mass is 16.5. The van der Waals surface area contributed by atoms with E-state index in [0.29, 0.717) is 6.54 Å². The maximum absolute atomic E-state index is 12.7. The molecule has 0 radical (unpaired) electrons. The number of hydrogen-bond donors (Lipinski definition) is 3. The Hall–Kier alpha value is -3.35. The van der Waals surface area contributed by atoms with Gasteiger partial charge in [-0.1, -0.05) is 68.8 Å². The molecule has 0 saturated heterocycles. The first kappa shape index (κ1) is 24.8. The molecule has 7 nitrogen and oxygen atoms in total. The number of alkyl carbamates (subject to hydrolysis) is 1. The number of benzene rings is 2. The molecule has 186 valence electrons. The number of aliphatic carboxylic acids is 1. The zero-order valence-corrected chi connectivity index (χ0v) is 20.4. The average molecular weight is 479 g/mol. The van der Waals surface area contributed by atoms with Crippen LogP contribution in [0.2, 0.25) is 0 Å². The Bertz CT molecular complexity index is 1050. The van der Waals surface area contributed by atoms with Crippen LogP contribution >= 0.6 is 0 Å². The van der Waals surface area contributed by atoms with E-state index in [2.05, 4.69) is 34.9 Å². The third-order valence-electron chi connectivity index (χ3n) is 7.45. The van der Waals surface area contributed by atoms with Crippen LogP contribution in [0, 0.1) is 11.3 Å². The van der Waals surface area contributed by atoms with Crippen molar-refractivity contribution in [3.63, 3.8) is 0 Å². The van der Waals surface area contributed by atoms with Crippen molar-refractivity contribution in [2.24, 2.45) is 11.3 Å². The van der Waals surface area contributed by atoms with Gasteiger partial charge in [0.15, 0.2) is 0 Å². The van der Waals surface area contributed by atoms with Crippen LogP contribution in [0.5, 0.6) is 0 Å². The molecule has 1 saturated carbocycles. The van der Waals surface area contributed by atoms with Gasteiger partial charge in [0.1, 0.15) is 6.61 Å². The molecule has 0 bridgehead atoms. The second-order valence-corrected chi connectivity index (χ2v) is 10.2. The highest BCUT2D eigenvalue weighted by Crippen LogP contribution is 2.45. The van der Waals surface area contributed by atoms with Crippen molar-refractivity contribution in [3.8, 4) is 11.1 Å². The highest BCUT2D eigenvalue weighted by molar-refractivity contribution is 5.79. The van der Waals surface area contributed by atoms with Crippen LogP contribution in [0.3, 0.4) is 0 Å². The van der Waals surface area contributed by atoms with Gasteiger partial charge in [-0.3, -0.25) is 9.59 Å². The van der Waals surface area contributed by atoms with Crippen LogP contribution in [0.4, 0.5) is 4.79 Å². The fourth-order valence-electron chi connectivity index (χ4n) is 5.24. The smallest absolute Gasteiger partial charge is 0.407 e. The Morgan fingerprint density at radius 1 is 1.03 bits per heavy atom. The van der Waals surface area contributed by atoms with E-state index in [1.165, 1.54) is 11.1 Å². The Morgan fingerprint density at radius 3 is 2.14 bits per heavy atom. The molecule has 4 rings (SSSR count). The summed E-state index contributed by atoms with van der Waals surface area (Å²) in [6.07, 6.45) is 2.37. The first-order valence-corrected chi connectivity index (χ1v) is 12.4. The Balaban J connectivity index is 1.30. The van der Waals surface area contributed by atoms with E-state index in [1.54, 1.807) is 0 Å². The maximum Gasteiger partial charge on any atom is 0.407 e. The summed E-state index contributed by atoms with van der Waals surface area (Å²) in [5.74, 6) is -1.08. The summed E-state index contributed by atoms with van der Waals surface area (Å²) in [5.41, 5.74) is 4.38. The third-order valence-corrected chi connectivity index (χ3v) is 7.45. The van der Waals surface area contributed by atoms with E-state index < -0.39 is 18.1 Å². The summed E-state index contributed by atoms with van der Waals surface area (Å²) in [7, 11) is 0. The van der Waals surface area contributed by atoms with E-state index in [0.717, 1.165) is 30.4 Å². The molecule has 7 heteroatoms. The lowest BCUT2D eigenvalue weighted by Crippen LogP contribution is -2.48. The molecular weight excluding hydrogens is 444 g/mol. The van der Waals surface area contributed by atoms with Crippen LogP contribution in [-0.4, -0.2) is 42.3 Å². The molecule has 2 amide bonds. The van der Waals surface area contributed by atoms with Gasteiger partial charge in [-0.25, -0.2) is 4.79 Å². The molecule has 2 aromatic rings. The number of carboxylic acid groups (broad SMARTS) is 1. The van der Waals surface area contributed by atoms with Crippen LogP contribution in [0.15, 0.2) is 48.5 Å². The summed E-state index contributed by atoms with van der Waals surface area (Å²) in [6.45, 7) is 4.40. The topological polar surface area (TPSA) is 105 Å². The number of nitrogens with one attached hydrogen (secondary N) is 2. The van der Waals surface area contributed by atoms with E-state index >= 15 is 0 Å². The van der Waals surface area contributed by atoms with Crippen molar-refractivity contribution in [1.82, 2.24) is 10.6 Å². The number of carbonyl (C=O) groups is 3. The second kappa shape index (κ2) is 10.5. The van der Waals surface area contributed by atoms with E-state index in [4.69, 9.17) is 9.84 Å². The number of ether oxygens (including phenoxy) is 1. The third kappa shape index (κ3) is 5.66. The van der Waals surface area contributed by atoms with Gasteiger partial charge in [0.05, 0.1) is 6.42 Å². The molecule has 1 fully saturated rings. The fourth-order valence-corrected chi connectivity index (χ4v) is 5.24. The number of hydrogen-bond acceptors (Lipinski definition) is 4. The van der Waals surface area contributed by atoms with Crippen LogP contribution in [0.1, 0.15) is 63.0 Å². The number of carbonyl (C=O) groups excluding carboxylic acids is 2. The molecule has 0 spiro atoms. The summed E-state index contributed by atoms with van der Waals surface area (Å²) in [4.78, 5) is 36.4. The number of rotatable bonds is 10. The lowest BCUT2D eigenvalue weighted by molar-refractivity contribution is -0.138. The Morgan fingerprint density at radius 2 is 1.63 bits per heavy atom. The molecule has 0 aliphatic heterocycles. The Labute approximate surface area is 206 Å². The summed E-state index contributed by atoms with van der Waals surface area (Å²) in [5, 5.41) is 14.9. The SMILES string of the molecule is CC(C)C(CC(=O)O)NC(=O)CC1(CNC(=O)OCC2c3ccccc3-c3ccccc32)CCC1. The molecule has 2 aromatic carbocycles. The minimum Gasteiger partial charge on any atom is -0.481 e. The van der Waals surface area contributed by atoms with Crippen LogP contribution in [-0.2, 0) is 14.3 Å². The van der Waals surface area contributed by atoms with Gasteiger partial charge in [-0.05, 0) is 46.4 Å². The molecule has 2 aliphatic rings. The molecule has 3 N–H and O–H groups in total. The lowest BCUT2D eigenvalue weighted by Gasteiger charge is -2.41. The highest BCUT2D eigenvalue weighted by Gasteiger charge is 2.40. The van der Waals surface area contributed by atoms with Gasteiger partial charge in [-0.15, -0.1) is 0 Å². The molecule has 35 heavy (non-hydrogen) atoms. The van der Waals surface area contributed by atoms with Gasteiger partial charge in [-0.2, -0.15) is 0 Å². The van der Waals surface area contributed by atoms with Crippen molar-refractivity contribution in [1.29, 1.82) is 0 Å². The van der Waals surface area contributed by atoms with E-state index in [1.807, 2.05) is 38.1 Å². The monoisotopic (exact) mass is 478 g/mol. The molecule has 0 aromatic heterocycles. The molecule has 1 atom stereocenters. The fraction of sp³-hybridized carbons (Fsp3) is 0.464. The number of amides is 2. The zero-order valence-electron chi connectivity index (χ0n) is 20.4. The van der Waals surface area contributed by atoms with Gasteiger partial charge in [0, 0.05) is 24.9 Å². The van der Waals surface area contributed by atoms with Gasteiger partial charge >= 0.3 is 12.1 Å². The normalized spacial score (nSPS) is 16.5. The second-order valence-electron chi connectivity index (χ2n) is 10.2. The molecule has 2 aliphatic carbocycles. The largest absolute Gasteiger partial charge is 0.481 e. The van der Waals surface area contributed by atoms with Crippen LogP contribution in [0.25, 0.3) is 11.1 Å². The summed E-state index contributed by atoms with van der Waals surface area (Å²) in [6, 6.07) is 16.0. The Kier molecular flexibility index (Phi) is 7.43. The van der Waals surface area contributed by atoms with Gasteiger partial charge in [0.2, 0.25) is 5.91 Å². The lowest BCUT2D eigenvalue weighted by atomic mass is 9.66. The first-order valence-electron chi connectivity index (χ1n) is 12.4. The minimum absolute atomic E-state index is 0.00112. The predicted molar refractivity (Wildman–Crippen MR) is 133 cm³/mol. The van der Waals surface area contributed by atoms with Crippen molar-refractivity contribution >= 4 is 18.0 Å². The molecular formula is C28H34N2O5. The van der Waals surface area contributed by atoms with Crippen molar-refractivity contribution in [2.45, 2.75) is 57.9 Å². The quantitative estimate of drug-likeness (QED) is 0.459. The van der Waals surface area contributed by atoms with Gasteiger partial charge in [0.25, 0.3) is 0 Å². The minimum atomic E-state index is -0.931. The summed E-state index contributed by atoms with van der Waals surface area (Å²) < 4.78 is 5.63. The molecule has 1 unspecified atom stereocenters. The maximum atomic E-state index is 12.7. The van der Waals surface area contributed by atoms with Crippen molar-refractivity contribution in [2.75, 3.05) is 13.2 Å².